The topological polar surface area (TPSA) is 90.1 Å². The molecule has 0 unspecified atom stereocenters. The largest absolute Gasteiger partial charge is 0.497 e. The van der Waals surface area contributed by atoms with Gasteiger partial charge in [0.1, 0.15) is 17.8 Å². The van der Waals surface area contributed by atoms with Crippen molar-refractivity contribution in [1.29, 1.82) is 0 Å². The highest BCUT2D eigenvalue weighted by Gasteiger charge is 2.22. The first-order chi connectivity index (χ1) is 14.6. The van der Waals surface area contributed by atoms with Crippen molar-refractivity contribution in [3.63, 3.8) is 0 Å². The number of carbonyl (C=O) groups is 1. The molecule has 0 aliphatic carbocycles. The predicted octanol–water partition coefficient (Wildman–Crippen LogP) is 4.30. The molecule has 30 heavy (non-hydrogen) atoms. The molecule has 1 N–H and O–H groups in total. The fourth-order valence-electron chi connectivity index (χ4n) is 3.18. The van der Waals surface area contributed by atoms with Crippen molar-refractivity contribution in [3.8, 4) is 28.3 Å². The summed E-state index contributed by atoms with van der Waals surface area (Å²) >= 11 is 0. The fraction of sp³-hybridized carbons (Fsp3) is 0.130. The summed E-state index contributed by atoms with van der Waals surface area (Å²) in [6, 6.07) is 17.0. The third-order valence-corrected chi connectivity index (χ3v) is 4.57. The first-order valence-electron chi connectivity index (χ1n) is 9.40. The van der Waals surface area contributed by atoms with E-state index in [1.165, 1.54) is 6.33 Å². The van der Waals surface area contributed by atoms with E-state index in [2.05, 4.69) is 20.4 Å². The molecule has 2 aromatic heterocycles. The van der Waals surface area contributed by atoms with E-state index in [4.69, 9.17) is 9.26 Å². The average Bonchev–Trinajstić information content (AvgIpc) is 3.17. The van der Waals surface area contributed by atoms with Crippen molar-refractivity contribution in [1.82, 2.24) is 15.1 Å². The maximum absolute atomic E-state index is 12.7. The first-order valence-corrected chi connectivity index (χ1v) is 9.40. The maximum atomic E-state index is 12.7. The summed E-state index contributed by atoms with van der Waals surface area (Å²) in [7, 11) is 1.59. The van der Waals surface area contributed by atoms with Gasteiger partial charge in [0, 0.05) is 11.8 Å². The molecule has 2 aromatic carbocycles. The number of hydrogen-bond acceptors (Lipinski definition) is 6. The Labute approximate surface area is 173 Å². The van der Waals surface area contributed by atoms with E-state index in [9.17, 15) is 4.79 Å². The van der Waals surface area contributed by atoms with Gasteiger partial charge in [-0.1, -0.05) is 41.1 Å². The van der Waals surface area contributed by atoms with Crippen molar-refractivity contribution < 1.29 is 14.1 Å². The molecule has 1 amide bonds. The maximum Gasteiger partial charge on any atom is 0.241 e. The number of aryl methyl sites for hydroxylation is 1. The van der Waals surface area contributed by atoms with Gasteiger partial charge in [0.15, 0.2) is 0 Å². The van der Waals surface area contributed by atoms with E-state index in [1.807, 2.05) is 55.5 Å². The Morgan fingerprint density at radius 3 is 2.77 bits per heavy atom. The Morgan fingerprint density at radius 1 is 1.13 bits per heavy atom. The summed E-state index contributed by atoms with van der Waals surface area (Å²) in [5.74, 6) is 0.715. The Morgan fingerprint density at radius 2 is 2.00 bits per heavy atom. The highest BCUT2D eigenvalue weighted by Crippen LogP contribution is 2.36. The lowest BCUT2D eigenvalue weighted by Gasteiger charge is -2.07. The second kappa shape index (κ2) is 8.57. The highest BCUT2D eigenvalue weighted by atomic mass is 16.5. The van der Waals surface area contributed by atoms with Gasteiger partial charge in [-0.05, 0) is 36.8 Å². The van der Waals surface area contributed by atoms with Gasteiger partial charge in [-0.25, -0.2) is 9.97 Å². The Bertz CT molecular complexity index is 1170. The smallest absolute Gasteiger partial charge is 0.241 e. The summed E-state index contributed by atoms with van der Waals surface area (Å²) < 4.78 is 10.7. The summed E-state index contributed by atoms with van der Waals surface area (Å²) in [4.78, 5) is 21.0. The van der Waals surface area contributed by atoms with E-state index in [-0.39, 0.29) is 18.2 Å². The van der Waals surface area contributed by atoms with Gasteiger partial charge < -0.3 is 9.26 Å². The van der Waals surface area contributed by atoms with Gasteiger partial charge in [0.05, 0.1) is 24.8 Å². The molecule has 7 nitrogen and oxygen atoms in total. The van der Waals surface area contributed by atoms with Crippen LogP contribution in [0.25, 0.3) is 22.5 Å². The van der Waals surface area contributed by atoms with Crippen LogP contribution >= 0.6 is 0 Å². The molecule has 0 spiro atoms. The van der Waals surface area contributed by atoms with Crippen LogP contribution in [0.15, 0.2) is 71.6 Å². The zero-order valence-corrected chi connectivity index (χ0v) is 16.6. The van der Waals surface area contributed by atoms with Crippen LogP contribution in [0.3, 0.4) is 0 Å². The minimum atomic E-state index is -0.231. The number of nitrogens with one attached hydrogen (secondary N) is 1. The molecule has 7 heteroatoms. The fourth-order valence-corrected chi connectivity index (χ4v) is 3.18. The molecule has 2 heterocycles. The Hall–Kier alpha value is -4.00. The van der Waals surface area contributed by atoms with Crippen LogP contribution in [0.1, 0.15) is 11.1 Å². The van der Waals surface area contributed by atoms with Gasteiger partial charge >= 0.3 is 0 Å². The van der Waals surface area contributed by atoms with Crippen LogP contribution in [0.2, 0.25) is 0 Å². The first kappa shape index (κ1) is 19.3. The van der Waals surface area contributed by atoms with Crippen LogP contribution in [0.4, 0.5) is 5.88 Å². The van der Waals surface area contributed by atoms with Crippen LogP contribution < -0.4 is 10.1 Å². The number of ether oxygens (including phenoxy) is 1. The van der Waals surface area contributed by atoms with Crippen molar-refractivity contribution >= 4 is 11.8 Å². The lowest BCUT2D eigenvalue weighted by molar-refractivity contribution is -0.115. The normalized spacial score (nSPS) is 10.6. The van der Waals surface area contributed by atoms with Gasteiger partial charge in [-0.3, -0.25) is 10.1 Å². The molecule has 0 radical (unpaired) electrons. The highest BCUT2D eigenvalue weighted by molar-refractivity contribution is 5.97. The molecule has 0 aliphatic rings. The Kier molecular flexibility index (Phi) is 5.52. The summed E-state index contributed by atoms with van der Waals surface area (Å²) in [6.07, 6.45) is 3.25. The van der Waals surface area contributed by atoms with Crippen molar-refractivity contribution in [2.24, 2.45) is 0 Å². The van der Waals surface area contributed by atoms with Crippen LogP contribution in [0, 0.1) is 6.92 Å². The van der Waals surface area contributed by atoms with Crippen molar-refractivity contribution in [2.45, 2.75) is 13.3 Å². The molecule has 0 bridgehead atoms. The molecule has 150 valence electrons. The monoisotopic (exact) mass is 400 g/mol. The molecule has 0 atom stereocenters. The number of rotatable bonds is 6. The zero-order valence-electron chi connectivity index (χ0n) is 16.6. The quantitative estimate of drug-likeness (QED) is 0.519. The number of nitrogens with zero attached hydrogens (tertiary/aromatic N) is 3. The molecular formula is C23H20N4O3. The minimum Gasteiger partial charge on any atom is -0.497 e. The molecule has 4 rings (SSSR count). The lowest BCUT2D eigenvalue weighted by Crippen LogP contribution is -2.14. The van der Waals surface area contributed by atoms with Gasteiger partial charge in [-0.15, -0.1) is 0 Å². The van der Waals surface area contributed by atoms with E-state index < -0.39 is 0 Å². The van der Waals surface area contributed by atoms with E-state index in [0.29, 0.717) is 22.7 Å². The molecule has 0 aliphatic heterocycles. The number of carbonyl (C=O) groups excluding carboxylic acids is 1. The number of benzene rings is 2. The summed E-state index contributed by atoms with van der Waals surface area (Å²) in [5, 5.41) is 7.05. The molecular weight excluding hydrogens is 380 g/mol. The van der Waals surface area contributed by atoms with Gasteiger partial charge in [0.2, 0.25) is 11.8 Å². The third kappa shape index (κ3) is 4.20. The van der Waals surface area contributed by atoms with E-state index in [0.717, 1.165) is 16.7 Å². The SMILES string of the molecule is COc1cccc(CC(=O)Nc2onc(-c3cccc(C)c3)c2-c2ccncn2)c1. The average molecular weight is 400 g/mol. The zero-order chi connectivity index (χ0) is 20.9. The number of aromatic nitrogens is 3. The number of hydrogen-bond donors (Lipinski definition) is 1. The standard InChI is InChI=1S/C23H20N4O3/c1-15-5-3-7-17(11-15)22-21(19-9-10-24-14-25-19)23(30-27-22)26-20(28)13-16-6-4-8-18(12-16)29-2/h3-12,14H,13H2,1-2H3,(H,26,28). The second-order valence-corrected chi connectivity index (χ2v) is 6.78. The number of anilines is 1. The van der Waals surface area contributed by atoms with Crippen LogP contribution in [0.5, 0.6) is 5.75 Å². The molecule has 0 saturated heterocycles. The predicted molar refractivity (Wildman–Crippen MR) is 113 cm³/mol. The molecule has 0 saturated carbocycles. The van der Waals surface area contributed by atoms with E-state index in [1.54, 1.807) is 19.4 Å². The van der Waals surface area contributed by atoms with Gasteiger partial charge in [-0.2, -0.15) is 0 Å². The second-order valence-electron chi connectivity index (χ2n) is 6.78. The number of amides is 1. The molecule has 0 fully saturated rings. The molecule has 4 aromatic rings. The Balaban J connectivity index is 1.67. The van der Waals surface area contributed by atoms with Gasteiger partial charge in [0.25, 0.3) is 0 Å². The van der Waals surface area contributed by atoms with Crippen molar-refractivity contribution in [2.75, 3.05) is 12.4 Å². The number of methoxy groups -OCH3 is 1. The summed E-state index contributed by atoms with van der Waals surface area (Å²) in [5.41, 5.74) is 4.62. The van der Waals surface area contributed by atoms with E-state index >= 15 is 0 Å². The lowest BCUT2D eigenvalue weighted by atomic mass is 10.0. The third-order valence-electron chi connectivity index (χ3n) is 4.57. The summed E-state index contributed by atoms with van der Waals surface area (Å²) in [6.45, 7) is 2.00. The van der Waals surface area contributed by atoms with Crippen LogP contribution in [-0.2, 0) is 11.2 Å². The minimum absolute atomic E-state index is 0.168. The van der Waals surface area contributed by atoms with Crippen LogP contribution in [-0.4, -0.2) is 28.1 Å². The van der Waals surface area contributed by atoms with Crippen molar-refractivity contribution in [3.05, 3.63) is 78.2 Å².